The molecule has 6 rings (SSSR count). The molecular formula is C30H27N3O7. The number of hydrogen-bond donors (Lipinski definition) is 1. The summed E-state index contributed by atoms with van der Waals surface area (Å²) in [6.07, 6.45) is 0.937. The van der Waals surface area contributed by atoms with Gasteiger partial charge in [-0.3, -0.25) is 9.59 Å². The minimum atomic E-state index is -0.384. The SMILES string of the molecule is O=C(NCc1ccc2c(c1)OCO2)c1cc(CN(Cc2ccc3c(c2)OCO3)C(=O)CCc2ccccc2)on1. The first-order valence-electron chi connectivity index (χ1n) is 12.9. The molecule has 2 aliphatic rings. The highest BCUT2D eigenvalue weighted by Gasteiger charge is 2.21. The summed E-state index contributed by atoms with van der Waals surface area (Å²) < 4.78 is 27.1. The Morgan fingerprint density at radius 3 is 2.17 bits per heavy atom. The highest BCUT2D eigenvalue weighted by molar-refractivity contribution is 5.92. The van der Waals surface area contributed by atoms with E-state index in [9.17, 15) is 9.59 Å². The fourth-order valence-corrected chi connectivity index (χ4v) is 4.55. The fourth-order valence-electron chi connectivity index (χ4n) is 4.55. The molecule has 0 radical (unpaired) electrons. The zero-order chi connectivity index (χ0) is 27.3. The number of amides is 2. The van der Waals surface area contributed by atoms with E-state index in [1.165, 1.54) is 0 Å². The molecule has 3 heterocycles. The Kier molecular flexibility index (Phi) is 7.21. The van der Waals surface area contributed by atoms with Crippen LogP contribution in [0.25, 0.3) is 0 Å². The number of aromatic nitrogens is 1. The summed E-state index contributed by atoms with van der Waals surface area (Å²) in [5, 5.41) is 6.77. The Labute approximate surface area is 230 Å². The van der Waals surface area contributed by atoms with Gasteiger partial charge in [-0.15, -0.1) is 0 Å². The van der Waals surface area contributed by atoms with Crippen LogP contribution in [0.1, 0.15) is 39.4 Å². The van der Waals surface area contributed by atoms with Crippen LogP contribution in [-0.4, -0.2) is 35.5 Å². The Morgan fingerprint density at radius 2 is 1.43 bits per heavy atom. The lowest BCUT2D eigenvalue weighted by atomic mass is 10.1. The van der Waals surface area contributed by atoms with Crippen molar-refractivity contribution in [2.45, 2.75) is 32.5 Å². The maximum Gasteiger partial charge on any atom is 0.273 e. The number of ether oxygens (including phenoxy) is 4. The summed E-state index contributed by atoms with van der Waals surface area (Å²) in [6.45, 7) is 1.14. The van der Waals surface area contributed by atoms with Gasteiger partial charge in [-0.05, 0) is 47.4 Å². The Hall–Kier alpha value is -4.99. The third-order valence-electron chi connectivity index (χ3n) is 6.66. The van der Waals surface area contributed by atoms with E-state index in [1.54, 1.807) is 11.0 Å². The molecule has 204 valence electrons. The standard InChI is InChI=1S/C30H27N3O7/c34-29(11-8-20-4-2-1-3-5-20)33(16-22-7-10-26-28(13-22)39-19-37-26)17-23-14-24(32-40-23)30(35)31-15-21-6-9-25-27(12-21)38-18-36-25/h1-7,9-10,12-14H,8,11,15-19H2,(H,31,35). The lowest BCUT2D eigenvalue weighted by Crippen LogP contribution is -2.30. The average Bonchev–Trinajstić information content (AvgIpc) is 3.75. The first kappa shape index (κ1) is 25.3. The van der Waals surface area contributed by atoms with Gasteiger partial charge >= 0.3 is 0 Å². The van der Waals surface area contributed by atoms with Crippen molar-refractivity contribution in [1.29, 1.82) is 0 Å². The number of nitrogens with zero attached hydrogens (tertiary/aromatic N) is 2. The van der Waals surface area contributed by atoms with Crippen molar-refractivity contribution < 1.29 is 33.1 Å². The predicted molar refractivity (Wildman–Crippen MR) is 142 cm³/mol. The van der Waals surface area contributed by atoms with Crippen molar-refractivity contribution in [1.82, 2.24) is 15.4 Å². The van der Waals surface area contributed by atoms with E-state index in [0.717, 1.165) is 16.7 Å². The molecule has 0 bridgehead atoms. The van der Waals surface area contributed by atoms with Gasteiger partial charge in [0.15, 0.2) is 34.5 Å². The van der Waals surface area contributed by atoms with Gasteiger partial charge in [0.25, 0.3) is 5.91 Å². The number of fused-ring (bicyclic) bond motifs is 2. The molecule has 1 aromatic heterocycles. The maximum atomic E-state index is 13.3. The fraction of sp³-hybridized carbons (Fsp3) is 0.233. The number of hydrogen-bond acceptors (Lipinski definition) is 8. The van der Waals surface area contributed by atoms with Crippen LogP contribution in [0, 0.1) is 0 Å². The molecule has 40 heavy (non-hydrogen) atoms. The van der Waals surface area contributed by atoms with Crippen molar-refractivity contribution in [3.05, 3.63) is 101 Å². The largest absolute Gasteiger partial charge is 0.454 e. The number of carbonyl (C=O) groups is 2. The highest BCUT2D eigenvalue weighted by atomic mass is 16.7. The van der Waals surface area contributed by atoms with Crippen LogP contribution in [0.3, 0.4) is 0 Å². The molecule has 0 atom stereocenters. The van der Waals surface area contributed by atoms with E-state index < -0.39 is 0 Å². The molecule has 0 saturated carbocycles. The zero-order valence-electron chi connectivity index (χ0n) is 21.6. The third-order valence-corrected chi connectivity index (χ3v) is 6.66. The summed E-state index contributed by atoms with van der Waals surface area (Å²) in [7, 11) is 0. The summed E-state index contributed by atoms with van der Waals surface area (Å²) in [5.41, 5.74) is 2.97. The normalized spacial score (nSPS) is 12.8. The lowest BCUT2D eigenvalue weighted by Gasteiger charge is -2.22. The van der Waals surface area contributed by atoms with Crippen molar-refractivity contribution in [3.63, 3.8) is 0 Å². The number of carbonyl (C=O) groups excluding carboxylic acids is 2. The maximum absolute atomic E-state index is 13.3. The molecule has 10 nitrogen and oxygen atoms in total. The van der Waals surface area contributed by atoms with Crippen LogP contribution in [0.2, 0.25) is 0 Å². The summed E-state index contributed by atoms with van der Waals surface area (Å²) in [6, 6.07) is 22.5. The van der Waals surface area contributed by atoms with Gasteiger partial charge in [-0.25, -0.2) is 0 Å². The second-order valence-electron chi connectivity index (χ2n) is 9.47. The first-order chi connectivity index (χ1) is 19.6. The quantitative estimate of drug-likeness (QED) is 0.318. The van der Waals surface area contributed by atoms with Gasteiger partial charge in [0, 0.05) is 25.6 Å². The van der Waals surface area contributed by atoms with Crippen LogP contribution in [-0.2, 0) is 30.8 Å². The van der Waals surface area contributed by atoms with Crippen molar-refractivity contribution in [2.75, 3.05) is 13.6 Å². The van der Waals surface area contributed by atoms with E-state index in [0.29, 0.717) is 48.1 Å². The molecule has 10 heteroatoms. The van der Waals surface area contributed by atoms with E-state index in [1.807, 2.05) is 66.7 Å². The minimum absolute atomic E-state index is 0.0493. The number of rotatable bonds is 10. The summed E-state index contributed by atoms with van der Waals surface area (Å²) in [4.78, 5) is 27.8. The van der Waals surface area contributed by atoms with Crippen LogP contribution in [0.4, 0.5) is 0 Å². The topological polar surface area (TPSA) is 112 Å². The molecule has 0 spiro atoms. The monoisotopic (exact) mass is 541 g/mol. The van der Waals surface area contributed by atoms with E-state index in [2.05, 4.69) is 10.5 Å². The molecule has 2 amide bonds. The van der Waals surface area contributed by atoms with Gasteiger partial charge in [-0.2, -0.15) is 0 Å². The Morgan fingerprint density at radius 1 is 0.750 bits per heavy atom. The molecular weight excluding hydrogens is 514 g/mol. The molecule has 2 aliphatic heterocycles. The summed E-state index contributed by atoms with van der Waals surface area (Å²) >= 11 is 0. The van der Waals surface area contributed by atoms with Crippen molar-refractivity contribution in [2.24, 2.45) is 0 Å². The number of aryl methyl sites for hydroxylation is 1. The molecule has 0 unspecified atom stereocenters. The van der Waals surface area contributed by atoms with Crippen LogP contribution in [0.15, 0.2) is 77.3 Å². The third kappa shape index (κ3) is 5.85. The molecule has 0 saturated heterocycles. The molecule has 3 aromatic carbocycles. The second kappa shape index (κ2) is 11.4. The van der Waals surface area contributed by atoms with E-state index in [4.69, 9.17) is 23.5 Å². The van der Waals surface area contributed by atoms with E-state index >= 15 is 0 Å². The highest BCUT2D eigenvalue weighted by Crippen LogP contribution is 2.33. The van der Waals surface area contributed by atoms with Gasteiger partial charge in [0.05, 0.1) is 6.54 Å². The summed E-state index contributed by atoms with van der Waals surface area (Å²) in [5.74, 6) is 2.63. The predicted octanol–water partition coefficient (Wildman–Crippen LogP) is 4.22. The number of benzene rings is 3. The lowest BCUT2D eigenvalue weighted by molar-refractivity contribution is -0.132. The molecule has 0 aliphatic carbocycles. The van der Waals surface area contributed by atoms with Crippen molar-refractivity contribution >= 4 is 11.8 Å². The van der Waals surface area contributed by atoms with Crippen LogP contribution < -0.4 is 24.3 Å². The van der Waals surface area contributed by atoms with E-state index in [-0.39, 0.29) is 44.2 Å². The second-order valence-corrected chi connectivity index (χ2v) is 9.47. The van der Waals surface area contributed by atoms with Gasteiger partial charge < -0.3 is 33.7 Å². The van der Waals surface area contributed by atoms with Gasteiger partial charge in [0.1, 0.15) is 0 Å². The molecule has 1 N–H and O–H groups in total. The molecule has 0 fully saturated rings. The Bertz CT molecular complexity index is 1520. The first-order valence-corrected chi connectivity index (χ1v) is 12.9. The minimum Gasteiger partial charge on any atom is -0.454 e. The van der Waals surface area contributed by atoms with Crippen molar-refractivity contribution in [3.8, 4) is 23.0 Å². The average molecular weight is 542 g/mol. The van der Waals surface area contributed by atoms with Gasteiger partial charge in [0.2, 0.25) is 19.5 Å². The number of nitrogens with one attached hydrogen (secondary N) is 1. The smallest absolute Gasteiger partial charge is 0.273 e. The van der Waals surface area contributed by atoms with Crippen LogP contribution in [0.5, 0.6) is 23.0 Å². The van der Waals surface area contributed by atoms with Crippen LogP contribution >= 0.6 is 0 Å². The van der Waals surface area contributed by atoms with Gasteiger partial charge in [-0.1, -0.05) is 47.6 Å². The Balaban J connectivity index is 1.12. The molecule has 4 aromatic rings. The zero-order valence-corrected chi connectivity index (χ0v) is 21.6.